The van der Waals surface area contributed by atoms with E-state index in [4.69, 9.17) is 28.8 Å². The average Bonchev–Trinajstić information content (AvgIpc) is 3.29. The molecule has 1 aliphatic heterocycles. The largest absolute Gasteiger partial charge is 0.338 e. The highest BCUT2D eigenvalue weighted by Gasteiger charge is 2.50. The van der Waals surface area contributed by atoms with Crippen LogP contribution in [-0.2, 0) is 33.1 Å². The highest BCUT2D eigenvalue weighted by molar-refractivity contribution is 7.44. The van der Waals surface area contributed by atoms with E-state index in [0.29, 0.717) is 0 Å². The molecule has 0 spiro atoms. The molecule has 0 bridgehead atoms. The van der Waals surface area contributed by atoms with E-state index in [0.717, 1.165) is 36.7 Å². The van der Waals surface area contributed by atoms with Crippen molar-refractivity contribution in [2.24, 2.45) is 0 Å². The molecule has 1 aromatic heterocycles. The molecular weight excluding hydrogens is 555 g/mol. The molecule has 13 nitrogen and oxygen atoms in total. The predicted octanol–water partition coefficient (Wildman–Crippen LogP) is 3.16. The van der Waals surface area contributed by atoms with Gasteiger partial charge in [-0.2, -0.15) is 10.1 Å². The maximum absolute atomic E-state index is 12.8. The average molecular weight is 593 g/mol. The summed E-state index contributed by atoms with van der Waals surface area (Å²) >= 11 is 0. The third kappa shape index (κ3) is 8.10. The summed E-state index contributed by atoms with van der Waals surface area (Å²) < 4.78 is 21.4. The summed E-state index contributed by atoms with van der Waals surface area (Å²) in [5.41, 5.74) is -1.41. The fraction of sp³-hybridized carbons (Fsp3) is 0.667. The maximum atomic E-state index is 12.8. The summed E-state index contributed by atoms with van der Waals surface area (Å²) in [6.07, 6.45) is 1.53. The third-order valence-corrected chi connectivity index (χ3v) is 8.80. The first-order valence-electron chi connectivity index (χ1n) is 13.7. The lowest BCUT2D eigenvalue weighted by Crippen LogP contribution is -2.37. The predicted molar refractivity (Wildman–Crippen MR) is 148 cm³/mol. The number of rotatable bonds is 13. The Labute approximate surface area is 239 Å². The molecule has 1 unspecified atom stereocenters. The topological polar surface area (TPSA) is 162 Å². The smallest absolute Gasteiger partial charge is 0.330 e. The van der Waals surface area contributed by atoms with Crippen molar-refractivity contribution in [1.82, 2.24) is 14.2 Å². The van der Waals surface area contributed by atoms with Crippen molar-refractivity contribution in [3.8, 4) is 6.07 Å². The number of hydrogen-bond acceptors (Lipinski definition) is 11. The highest BCUT2D eigenvalue weighted by atomic mass is 31.2. The summed E-state index contributed by atoms with van der Waals surface area (Å²) in [5.74, 6) is 3.10. The third-order valence-electron chi connectivity index (χ3n) is 6.69. The number of H-pyrrole nitrogens is 1. The van der Waals surface area contributed by atoms with Gasteiger partial charge in [0.15, 0.2) is 18.3 Å². The molecule has 14 heteroatoms. The summed E-state index contributed by atoms with van der Waals surface area (Å²) in [4.78, 5) is 62.5. The van der Waals surface area contributed by atoms with Crippen molar-refractivity contribution in [3.63, 3.8) is 0 Å². The van der Waals surface area contributed by atoms with Gasteiger partial charge in [-0.3, -0.25) is 14.3 Å². The minimum Gasteiger partial charge on any atom is -0.338 e. The van der Waals surface area contributed by atoms with Crippen LogP contribution in [0.15, 0.2) is 27.1 Å². The fourth-order valence-electron chi connectivity index (χ4n) is 4.78. The molecule has 0 aromatic carbocycles. The molecule has 224 valence electrons. The Kier molecular flexibility index (Phi) is 12.2. The lowest BCUT2D eigenvalue weighted by molar-refractivity contribution is -0.308. The van der Waals surface area contributed by atoms with Gasteiger partial charge in [0.05, 0.1) is 24.7 Å². The molecule has 4 atom stereocenters. The van der Waals surface area contributed by atoms with Crippen molar-refractivity contribution in [3.05, 3.63) is 43.9 Å². The second-order valence-corrected chi connectivity index (χ2v) is 11.8. The van der Waals surface area contributed by atoms with Gasteiger partial charge < -0.3 is 18.7 Å². The number of nitrogens with one attached hydrogen (secondary N) is 1. The molecule has 1 saturated carbocycles. The zero-order valence-electron chi connectivity index (χ0n) is 24.0. The molecular formula is C27H37N4O9P. The first-order valence-corrected chi connectivity index (χ1v) is 14.8. The van der Waals surface area contributed by atoms with Crippen molar-refractivity contribution < 1.29 is 33.1 Å². The van der Waals surface area contributed by atoms with Crippen LogP contribution in [-0.4, -0.2) is 63.1 Å². The molecule has 1 N–H and O–H groups in total. The maximum Gasteiger partial charge on any atom is 0.330 e. The summed E-state index contributed by atoms with van der Waals surface area (Å²) in [6.45, 7) is 9.30. The normalized spacial score (nSPS) is 22.0. The van der Waals surface area contributed by atoms with Crippen LogP contribution in [0.3, 0.4) is 0 Å². The Morgan fingerprint density at radius 3 is 2.46 bits per heavy atom. The standard InChI is InChI=1S/C27H37N4O9P/c1-17(2)31(18(3)4)41(36-13-9-12-28)40-23-21(15-32)26(30-14-19(5)25(34)29-27(30)35)37-24(23)22(16-33)39-38-20-10-7-6-8-11-20/h14,17-18,20,23-24,26H,6-11,13H2,1-5H3,(H,29,34,35)/t23-,24+,26+,41?/m0/s1. The van der Waals surface area contributed by atoms with E-state index in [1.807, 2.05) is 44.4 Å². The van der Waals surface area contributed by atoms with Gasteiger partial charge >= 0.3 is 5.69 Å². The van der Waals surface area contributed by atoms with Crippen LogP contribution in [0.1, 0.15) is 78.0 Å². The second-order valence-electron chi connectivity index (χ2n) is 10.4. The number of aryl methyl sites for hydroxylation is 1. The van der Waals surface area contributed by atoms with E-state index in [1.54, 1.807) is 5.94 Å². The van der Waals surface area contributed by atoms with E-state index < -0.39 is 44.0 Å². The zero-order chi connectivity index (χ0) is 30.1. The highest BCUT2D eigenvalue weighted by Crippen LogP contribution is 2.51. The number of hydrogen-bond donors (Lipinski definition) is 1. The van der Waals surface area contributed by atoms with Gasteiger partial charge in [0.25, 0.3) is 19.8 Å². The molecule has 0 radical (unpaired) electrons. The van der Waals surface area contributed by atoms with Gasteiger partial charge in [0, 0.05) is 23.8 Å². The first-order chi connectivity index (χ1) is 19.6. The molecule has 3 rings (SSSR count). The Hall–Kier alpha value is -2.90. The summed E-state index contributed by atoms with van der Waals surface area (Å²) in [5, 5.41) is 9.06. The van der Waals surface area contributed by atoms with Crippen LogP contribution in [0.5, 0.6) is 0 Å². The number of aromatic amines is 1. The number of nitrogens with zero attached hydrogens (tertiary/aromatic N) is 3. The van der Waals surface area contributed by atoms with Crippen LogP contribution in [0.25, 0.3) is 0 Å². The van der Waals surface area contributed by atoms with Crippen LogP contribution in [0, 0.1) is 18.3 Å². The molecule has 2 fully saturated rings. The summed E-state index contributed by atoms with van der Waals surface area (Å²) in [6, 6.07) is 1.88. The minimum absolute atomic E-state index is 0.0518. The van der Waals surface area contributed by atoms with E-state index in [1.165, 1.54) is 13.1 Å². The molecule has 1 saturated heterocycles. The van der Waals surface area contributed by atoms with Gasteiger partial charge in [0.2, 0.25) is 0 Å². The van der Waals surface area contributed by atoms with E-state index in [-0.39, 0.29) is 42.4 Å². The van der Waals surface area contributed by atoms with Crippen LogP contribution in [0.4, 0.5) is 0 Å². The summed E-state index contributed by atoms with van der Waals surface area (Å²) in [7, 11) is -1.92. The number of ether oxygens (including phenoxy) is 1. The SMILES string of the molecule is Cc1cn([C@@H]2O[C@H](C(=C=O)OOC3CCCCC3)[C@@H](OP(OCCC#N)N(C(C)C)C(C)C)C2=C=O)c(=O)[nH]c1=O. The Balaban J connectivity index is 2.04. The van der Waals surface area contributed by atoms with E-state index in [9.17, 15) is 19.2 Å². The first kappa shape index (κ1) is 32.6. The minimum atomic E-state index is -1.92. The lowest BCUT2D eigenvalue weighted by atomic mass is 9.98. The molecule has 41 heavy (non-hydrogen) atoms. The van der Waals surface area contributed by atoms with Gasteiger partial charge in [-0.1, -0.05) is 19.3 Å². The quantitative estimate of drug-likeness (QED) is 0.0894. The molecule has 2 aliphatic rings. The number of carbonyl (C=O) groups excluding carboxylic acids is 2. The van der Waals surface area contributed by atoms with Crippen LogP contribution >= 0.6 is 8.53 Å². The van der Waals surface area contributed by atoms with E-state index >= 15 is 0 Å². The molecule has 1 aliphatic carbocycles. The number of aromatic nitrogens is 2. The van der Waals surface area contributed by atoms with Gasteiger partial charge in [-0.15, -0.1) is 0 Å². The van der Waals surface area contributed by atoms with Gasteiger partial charge in [0.1, 0.15) is 18.1 Å². The number of nitriles is 1. The van der Waals surface area contributed by atoms with Crippen molar-refractivity contribution in [1.29, 1.82) is 5.26 Å². The van der Waals surface area contributed by atoms with Crippen molar-refractivity contribution in [2.45, 2.75) is 110 Å². The van der Waals surface area contributed by atoms with Gasteiger partial charge in [-0.25, -0.2) is 19.1 Å². The Bertz CT molecular complexity index is 1290. The van der Waals surface area contributed by atoms with E-state index in [2.05, 4.69) is 4.98 Å². The van der Waals surface area contributed by atoms with Crippen LogP contribution in [0.2, 0.25) is 0 Å². The Morgan fingerprint density at radius 1 is 1.20 bits per heavy atom. The molecule has 1 aromatic rings. The Morgan fingerprint density at radius 2 is 1.88 bits per heavy atom. The lowest BCUT2D eigenvalue weighted by Gasteiger charge is -2.37. The van der Waals surface area contributed by atoms with Gasteiger partial charge in [-0.05, 0) is 47.5 Å². The van der Waals surface area contributed by atoms with Crippen molar-refractivity contribution >= 4 is 20.4 Å². The van der Waals surface area contributed by atoms with Crippen molar-refractivity contribution in [2.75, 3.05) is 6.61 Å². The monoisotopic (exact) mass is 592 g/mol. The molecule has 2 heterocycles. The zero-order valence-corrected chi connectivity index (χ0v) is 24.8. The second kappa shape index (κ2) is 15.4. The molecule has 0 amide bonds. The van der Waals surface area contributed by atoms with Crippen LogP contribution < -0.4 is 11.2 Å². The fourth-order valence-corrected chi connectivity index (χ4v) is 6.50.